The maximum atomic E-state index is 12.7. The average molecular weight is 434 g/mol. The number of aromatic nitrogens is 3. The summed E-state index contributed by atoms with van der Waals surface area (Å²) in [6.45, 7) is 3.88. The fourth-order valence-electron chi connectivity index (χ4n) is 3.95. The van der Waals surface area contributed by atoms with Crippen LogP contribution in [0.1, 0.15) is 17.1 Å². The van der Waals surface area contributed by atoms with Crippen LogP contribution in [0.2, 0.25) is 0 Å². The molecule has 1 fully saturated rings. The molecule has 0 spiro atoms. The highest BCUT2D eigenvalue weighted by Crippen LogP contribution is 2.23. The van der Waals surface area contributed by atoms with Crippen molar-refractivity contribution in [1.29, 1.82) is 0 Å². The molecule has 1 saturated heterocycles. The zero-order valence-corrected chi connectivity index (χ0v) is 17.9. The number of aromatic amines is 1. The Hall–Kier alpha value is -3.10. The molecule has 1 aliphatic heterocycles. The SMILES string of the molecule is O=C(CCc1nc2ccccc2[nH]c1=O)N1CCN(Cc2nc3ccccc3s2)CC1. The Bertz CT molecular complexity index is 1260. The molecule has 7 nitrogen and oxygen atoms in total. The monoisotopic (exact) mass is 433 g/mol. The minimum absolute atomic E-state index is 0.0778. The maximum absolute atomic E-state index is 12.7. The lowest BCUT2D eigenvalue weighted by Crippen LogP contribution is -2.48. The molecule has 31 heavy (non-hydrogen) atoms. The topological polar surface area (TPSA) is 82.2 Å². The van der Waals surface area contributed by atoms with Crippen molar-refractivity contribution < 1.29 is 4.79 Å². The van der Waals surface area contributed by atoms with E-state index in [1.54, 1.807) is 11.3 Å². The zero-order valence-electron chi connectivity index (χ0n) is 17.1. The van der Waals surface area contributed by atoms with Crippen LogP contribution in [-0.2, 0) is 17.8 Å². The third kappa shape index (κ3) is 4.35. The minimum Gasteiger partial charge on any atom is -0.340 e. The van der Waals surface area contributed by atoms with Gasteiger partial charge in [0.05, 0.1) is 27.8 Å². The zero-order chi connectivity index (χ0) is 21.2. The Kier molecular flexibility index (Phi) is 5.48. The summed E-state index contributed by atoms with van der Waals surface area (Å²) in [4.78, 5) is 41.2. The molecule has 0 radical (unpaired) electrons. The maximum Gasteiger partial charge on any atom is 0.270 e. The molecule has 8 heteroatoms. The summed E-state index contributed by atoms with van der Waals surface area (Å²) >= 11 is 1.73. The molecule has 0 bridgehead atoms. The van der Waals surface area contributed by atoms with Gasteiger partial charge in [0.15, 0.2) is 0 Å². The van der Waals surface area contributed by atoms with Crippen LogP contribution in [0, 0.1) is 0 Å². The Balaban J connectivity index is 1.15. The molecule has 0 saturated carbocycles. The Labute approximate surface area is 183 Å². The van der Waals surface area contributed by atoms with E-state index in [4.69, 9.17) is 4.98 Å². The first-order chi connectivity index (χ1) is 15.2. The van der Waals surface area contributed by atoms with E-state index in [0.29, 0.717) is 37.1 Å². The Morgan fingerprint density at radius 1 is 0.968 bits per heavy atom. The van der Waals surface area contributed by atoms with Gasteiger partial charge < -0.3 is 9.88 Å². The summed E-state index contributed by atoms with van der Waals surface area (Å²) in [6, 6.07) is 15.6. The van der Waals surface area contributed by atoms with Crippen molar-refractivity contribution >= 4 is 38.5 Å². The number of carbonyl (C=O) groups excluding carboxylic acids is 1. The van der Waals surface area contributed by atoms with E-state index >= 15 is 0 Å². The van der Waals surface area contributed by atoms with Gasteiger partial charge in [-0.2, -0.15) is 0 Å². The van der Waals surface area contributed by atoms with E-state index in [1.165, 1.54) is 4.70 Å². The summed E-state index contributed by atoms with van der Waals surface area (Å²) in [5, 5.41) is 1.11. The molecule has 0 aliphatic carbocycles. The molecule has 2 aromatic heterocycles. The van der Waals surface area contributed by atoms with Crippen molar-refractivity contribution in [3.8, 4) is 0 Å². The molecule has 0 unspecified atom stereocenters. The number of nitrogens with zero attached hydrogens (tertiary/aromatic N) is 4. The lowest BCUT2D eigenvalue weighted by atomic mass is 10.2. The normalized spacial score (nSPS) is 15.0. The molecule has 158 valence electrons. The van der Waals surface area contributed by atoms with E-state index in [9.17, 15) is 9.59 Å². The molecular formula is C23H23N5O2S. The first kappa shape index (κ1) is 19.8. The van der Waals surface area contributed by atoms with Gasteiger partial charge in [0.25, 0.3) is 5.56 Å². The number of nitrogens with one attached hydrogen (secondary N) is 1. The summed E-state index contributed by atoms with van der Waals surface area (Å²) < 4.78 is 1.21. The van der Waals surface area contributed by atoms with Crippen molar-refractivity contribution in [3.63, 3.8) is 0 Å². The van der Waals surface area contributed by atoms with Crippen LogP contribution in [0.25, 0.3) is 21.3 Å². The standard InChI is InChI=1S/C23H23N5O2S/c29-22(10-9-19-23(30)26-17-6-2-1-5-16(17)24-19)28-13-11-27(12-14-28)15-21-25-18-7-3-4-8-20(18)31-21/h1-8H,9-15H2,(H,26,30). The molecule has 3 heterocycles. The third-order valence-corrected chi connectivity index (χ3v) is 6.69. The molecular weight excluding hydrogens is 410 g/mol. The van der Waals surface area contributed by atoms with Gasteiger partial charge in [0.1, 0.15) is 10.7 Å². The largest absolute Gasteiger partial charge is 0.340 e. The van der Waals surface area contributed by atoms with Gasteiger partial charge in [0.2, 0.25) is 5.91 Å². The van der Waals surface area contributed by atoms with Crippen LogP contribution in [0.5, 0.6) is 0 Å². The number of amides is 1. The van der Waals surface area contributed by atoms with Crippen LogP contribution in [0.4, 0.5) is 0 Å². The second-order valence-corrected chi connectivity index (χ2v) is 8.88. The number of H-pyrrole nitrogens is 1. The molecule has 1 amide bonds. The highest BCUT2D eigenvalue weighted by Gasteiger charge is 2.22. The number of piperazine rings is 1. The second-order valence-electron chi connectivity index (χ2n) is 7.76. The quantitative estimate of drug-likeness (QED) is 0.523. The highest BCUT2D eigenvalue weighted by atomic mass is 32.1. The van der Waals surface area contributed by atoms with E-state index < -0.39 is 0 Å². The number of thiazole rings is 1. The van der Waals surface area contributed by atoms with Gasteiger partial charge >= 0.3 is 0 Å². The number of para-hydroxylation sites is 3. The van der Waals surface area contributed by atoms with E-state index in [-0.39, 0.29) is 11.5 Å². The van der Waals surface area contributed by atoms with Gasteiger partial charge in [0, 0.05) is 39.0 Å². The molecule has 4 aromatic rings. The summed E-state index contributed by atoms with van der Waals surface area (Å²) in [5.74, 6) is 0.0778. The molecule has 0 atom stereocenters. The number of aryl methyl sites for hydroxylation is 1. The summed E-state index contributed by atoms with van der Waals surface area (Å²) in [6.07, 6.45) is 0.650. The van der Waals surface area contributed by atoms with Crippen LogP contribution >= 0.6 is 11.3 Å². The summed E-state index contributed by atoms with van der Waals surface area (Å²) in [7, 11) is 0. The fraction of sp³-hybridized carbons (Fsp3) is 0.304. The van der Waals surface area contributed by atoms with Crippen LogP contribution in [0.15, 0.2) is 53.3 Å². The average Bonchev–Trinajstić information content (AvgIpc) is 3.20. The fourth-order valence-corrected chi connectivity index (χ4v) is 4.96. The van der Waals surface area contributed by atoms with Crippen LogP contribution < -0.4 is 5.56 Å². The number of fused-ring (bicyclic) bond motifs is 2. The van der Waals surface area contributed by atoms with E-state index in [2.05, 4.69) is 20.9 Å². The van der Waals surface area contributed by atoms with Crippen molar-refractivity contribution in [1.82, 2.24) is 24.8 Å². The number of carbonyl (C=O) groups is 1. The lowest BCUT2D eigenvalue weighted by Gasteiger charge is -2.34. The van der Waals surface area contributed by atoms with Crippen molar-refractivity contribution in [2.45, 2.75) is 19.4 Å². The molecule has 5 rings (SSSR count). The van der Waals surface area contributed by atoms with Gasteiger partial charge in [-0.25, -0.2) is 9.97 Å². The lowest BCUT2D eigenvalue weighted by molar-refractivity contribution is -0.133. The van der Waals surface area contributed by atoms with Crippen molar-refractivity contribution in [2.75, 3.05) is 26.2 Å². The van der Waals surface area contributed by atoms with Gasteiger partial charge in [-0.3, -0.25) is 14.5 Å². The van der Waals surface area contributed by atoms with Gasteiger partial charge in [-0.05, 0) is 24.3 Å². The van der Waals surface area contributed by atoms with Crippen LogP contribution in [-0.4, -0.2) is 56.8 Å². The van der Waals surface area contributed by atoms with Crippen molar-refractivity contribution in [2.24, 2.45) is 0 Å². The van der Waals surface area contributed by atoms with Gasteiger partial charge in [-0.1, -0.05) is 24.3 Å². The number of hydrogen-bond donors (Lipinski definition) is 1. The Morgan fingerprint density at radius 3 is 2.52 bits per heavy atom. The second kappa shape index (κ2) is 8.56. The first-order valence-corrected chi connectivity index (χ1v) is 11.3. The number of rotatable bonds is 5. The van der Waals surface area contributed by atoms with Gasteiger partial charge in [-0.15, -0.1) is 11.3 Å². The minimum atomic E-state index is -0.216. The molecule has 1 aliphatic rings. The summed E-state index contributed by atoms with van der Waals surface area (Å²) in [5.41, 5.74) is 2.71. The predicted molar refractivity (Wildman–Crippen MR) is 122 cm³/mol. The van der Waals surface area contributed by atoms with Crippen molar-refractivity contribution in [3.05, 3.63) is 69.6 Å². The third-order valence-electron chi connectivity index (χ3n) is 5.67. The molecule has 1 N–H and O–H groups in total. The van der Waals surface area contributed by atoms with Crippen LogP contribution in [0.3, 0.4) is 0 Å². The number of benzene rings is 2. The highest BCUT2D eigenvalue weighted by molar-refractivity contribution is 7.18. The smallest absolute Gasteiger partial charge is 0.270 e. The van der Waals surface area contributed by atoms with E-state index in [1.807, 2.05) is 47.4 Å². The number of hydrogen-bond acceptors (Lipinski definition) is 6. The Morgan fingerprint density at radius 2 is 1.71 bits per heavy atom. The molecule has 2 aromatic carbocycles. The predicted octanol–water partition coefficient (Wildman–Crippen LogP) is 2.81. The van der Waals surface area contributed by atoms with E-state index in [0.717, 1.165) is 35.7 Å². The first-order valence-electron chi connectivity index (χ1n) is 10.5.